The lowest BCUT2D eigenvalue weighted by Gasteiger charge is -2.32. The van der Waals surface area contributed by atoms with Crippen LogP contribution in [0.2, 0.25) is 0 Å². The molecular weight excluding hydrogens is 234 g/mol. The van der Waals surface area contributed by atoms with Gasteiger partial charge in [-0.05, 0) is 12.8 Å². The van der Waals surface area contributed by atoms with Gasteiger partial charge in [-0.2, -0.15) is 0 Å². The fourth-order valence-electron chi connectivity index (χ4n) is 2.20. The van der Waals surface area contributed by atoms with E-state index in [4.69, 9.17) is 4.74 Å². The number of β-amino-alcohol motifs (C(OH)–C–C–N with tert-alkyl or cyclic N) is 1. The van der Waals surface area contributed by atoms with E-state index in [1.807, 2.05) is 0 Å². The van der Waals surface area contributed by atoms with Crippen molar-refractivity contribution in [3.05, 3.63) is 0 Å². The first kappa shape index (κ1) is 9.90. The Hall–Kier alpha value is 0.360. The number of hydrogen-bond acceptors (Lipinski definition) is 3. The van der Waals surface area contributed by atoms with Gasteiger partial charge >= 0.3 is 0 Å². The van der Waals surface area contributed by atoms with E-state index in [0.29, 0.717) is 17.5 Å². The van der Waals surface area contributed by atoms with Gasteiger partial charge < -0.3 is 9.84 Å². The number of ether oxygens (including phenoxy) is 1. The molecule has 2 bridgehead atoms. The Bertz CT molecular complexity index is 167. The summed E-state index contributed by atoms with van der Waals surface area (Å²) in [5, 5.41) is 10.1. The molecule has 2 rings (SSSR count). The van der Waals surface area contributed by atoms with E-state index in [1.54, 1.807) is 0 Å². The lowest BCUT2D eigenvalue weighted by molar-refractivity contribution is -0.0474. The first-order chi connectivity index (χ1) is 6.28. The fourth-order valence-corrected chi connectivity index (χ4v) is 2.40. The van der Waals surface area contributed by atoms with Gasteiger partial charge in [-0.3, -0.25) is 4.90 Å². The summed E-state index contributed by atoms with van der Waals surface area (Å²) in [5.41, 5.74) is 0. The van der Waals surface area contributed by atoms with E-state index >= 15 is 0 Å². The molecule has 0 aromatic rings. The van der Waals surface area contributed by atoms with Crippen molar-refractivity contribution in [3.8, 4) is 0 Å². The van der Waals surface area contributed by atoms with Crippen LogP contribution in [-0.2, 0) is 4.74 Å². The zero-order chi connectivity index (χ0) is 9.26. The molecule has 0 saturated carbocycles. The maximum atomic E-state index is 9.47. The molecule has 0 aromatic heterocycles. The highest BCUT2D eigenvalue weighted by molar-refractivity contribution is 9.09. The van der Waals surface area contributed by atoms with Crippen molar-refractivity contribution in [2.24, 2.45) is 0 Å². The summed E-state index contributed by atoms with van der Waals surface area (Å²) in [6.45, 7) is 2.78. The summed E-state index contributed by atoms with van der Waals surface area (Å²) < 4.78 is 5.71. The minimum absolute atomic E-state index is 0.238. The van der Waals surface area contributed by atoms with E-state index in [2.05, 4.69) is 20.8 Å². The number of likely N-dealkylation sites (tertiary alicyclic amines) is 1. The lowest BCUT2D eigenvalue weighted by atomic mass is 10.2. The van der Waals surface area contributed by atoms with E-state index in [9.17, 15) is 5.11 Å². The van der Waals surface area contributed by atoms with Gasteiger partial charge in [0.05, 0.1) is 18.3 Å². The maximum Gasteiger partial charge on any atom is 0.0763 e. The third kappa shape index (κ3) is 2.43. The SMILES string of the molecule is OC(CBr)CN1CC2CCC(C1)O2. The molecule has 0 amide bonds. The van der Waals surface area contributed by atoms with Crippen LogP contribution in [0.1, 0.15) is 12.8 Å². The van der Waals surface area contributed by atoms with Gasteiger partial charge in [-0.1, -0.05) is 15.9 Å². The Labute approximate surface area is 87.2 Å². The summed E-state index contributed by atoms with van der Waals surface area (Å²) in [6, 6.07) is 0. The number of hydrogen-bond donors (Lipinski definition) is 1. The van der Waals surface area contributed by atoms with Crippen LogP contribution in [0.4, 0.5) is 0 Å². The molecule has 0 aliphatic carbocycles. The average Bonchev–Trinajstić information content (AvgIpc) is 2.46. The molecule has 3 nitrogen and oxygen atoms in total. The molecule has 2 saturated heterocycles. The molecule has 2 heterocycles. The third-order valence-electron chi connectivity index (χ3n) is 2.77. The minimum atomic E-state index is -0.238. The summed E-state index contributed by atoms with van der Waals surface area (Å²) in [5.74, 6) is 0. The van der Waals surface area contributed by atoms with Gasteiger partial charge in [0.25, 0.3) is 0 Å². The summed E-state index contributed by atoms with van der Waals surface area (Å²) in [4.78, 5) is 2.32. The molecule has 1 N–H and O–H groups in total. The summed E-state index contributed by atoms with van der Waals surface area (Å²) >= 11 is 3.28. The van der Waals surface area contributed by atoms with Crippen molar-refractivity contribution in [2.45, 2.75) is 31.2 Å². The number of morpholine rings is 1. The molecule has 13 heavy (non-hydrogen) atoms. The Morgan fingerprint density at radius 2 is 2.00 bits per heavy atom. The standard InChI is InChI=1S/C9H16BrNO2/c10-3-7(12)4-11-5-8-1-2-9(6-11)13-8/h7-9,12H,1-6H2. The van der Waals surface area contributed by atoms with Gasteiger partial charge in [0.2, 0.25) is 0 Å². The number of aliphatic hydroxyl groups is 1. The first-order valence-electron chi connectivity index (χ1n) is 4.90. The van der Waals surface area contributed by atoms with Crippen LogP contribution in [0.25, 0.3) is 0 Å². The largest absolute Gasteiger partial charge is 0.391 e. The molecule has 2 aliphatic heterocycles. The molecule has 3 atom stereocenters. The van der Waals surface area contributed by atoms with Gasteiger partial charge in [0, 0.05) is 25.0 Å². The Balaban J connectivity index is 1.81. The summed E-state index contributed by atoms with van der Waals surface area (Å²) in [6.07, 6.45) is 3.02. The summed E-state index contributed by atoms with van der Waals surface area (Å²) in [7, 11) is 0. The highest BCUT2D eigenvalue weighted by atomic mass is 79.9. The molecule has 0 aromatic carbocycles. The van der Waals surface area contributed by atoms with Crippen molar-refractivity contribution in [2.75, 3.05) is 25.0 Å². The normalized spacial score (nSPS) is 36.5. The van der Waals surface area contributed by atoms with E-state index in [1.165, 1.54) is 12.8 Å². The Morgan fingerprint density at radius 3 is 2.54 bits per heavy atom. The predicted octanol–water partition coefficient (Wildman–Crippen LogP) is 0.605. The van der Waals surface area contributed by atoms with Crippen LogP contribution in [0.3, 0.4) is 0 Å². The number of alkyl halides is 1. The van der Waals surface area contributed by atoms with Crippen molar-refractivity contribution >= 4 is 15.9 Å². The van der Waals surface area contributed by atoms with E-state index in [-0.39, 0.29) is 6.10 Å². The first-order valence-corrected chi connectivity index (χ1v) is 6.02. The van der Waals surface area contributed by atoms with Gasteiger partial charge in [-0.25, -0.2) is 0 Å². The minimum Gasteiger partial charge on any atom is -0.391 e. The van der Waals surface area contributed by atoms with Crippen molar-refractivity contribution < 1.29 is 9.84 Å². The quantitative estimate of drug-likeness (QED) is 0.745. The third-order valence-corrected chi connectivity index (χ3v) is 3.51. The van der Waals surface area contributed by atoms with Crippen LogP contribution >= 0.6 is 15.9 Å². The molecule has 2 fully saturated rings. The smallest absolute Gasteiger partial charge is 0.0763 e. The van der Waals surface area contributed by atoms with Crippen LogP contribution in [0.5, 0.6) is 0 Å². The fraction of sp³-hybridized carbons (Fsp3) is 1.00. The molecule has 3 unspecified atom stereocenters. The van der Waals surface area contributed by atoms with Crippen molar-refractivity contribution in [1.29, 1.82) is 0 Å². The molecule has 2 aliphatic rings. The number of fused-ring (bicyclic) bond motifs is 2. The molecule has 76 valence electrons. The van der Waals surface area contributed by atoms with Crippen LogP contribution in [0.15, 0.2) is 0 Å². The predicted molar refractivity (Wildman–Crippen MR) is 54.1 cm³/mol. The molecule has 0 radical (unpaired) electrons. The van der Waals surface area contributed by atoms with Crippen LogP contribution < -0.4 is 0 Å². The number of halogens is 1. The lowest BCUT2D eigenvalue weighted by Crippen LogP contribution is -2.45. The number of aliphatic hydroxyl groups excluding tert-OH is 1. The van der Waals surface area contributed by atoms with Crippen molar-refractivity contribution in [1.82, 2.24) is 4.90 Å². The highest BCUT2D eigenvalue weighted by Gasteiger charge is 2.33. The Morgan fingerprint density at radius 1 is 1.38 bits per heavy atom. The van der Waals surface area contributed by atoms with Crippen LogP contribution in [-0.4, -0.2) is 53.3 Å². The highest BCUT2D eigenvalue weighted by Crippen LogP contribution is 2.26. The van der Waals surface area contributed by atoms with E-state index in [0.717, 1.165) is 19.6 Å². The van der Waals surface area contributed by atoms with Crippen LogP contribution in [0, 0.1) is 0 Å². The zero-order valence-corrected chi connectivity index (χ0v) is 9.24. The average molecular weight is 250 g/mol. The second-order valence-electron chi connectivity index (χ2n) is 3.98. The maximum absolute atomic E-state index is 9.47. The molecule has 4 heteroatoms. The number of rotatable bonds is 3. The second-order valence-corrected chi connectivity index (χ2v) is 4.63. The second kappa shape index (κ2) is 4.26. The molecular formula is C9H16BrNO2. The number of nitrogens with zero attached hydrogens (tertiary/aromatic N) is 1. The van der Waals surface area contributed by atoms with Gasteiger partial charge in [0.1, 0.15) is 0 Å². The van der Waals surface area contributed by atoms with Gasteiger partial charge in [0.15, 0.2) is 0 Å². The van der Waals surface area contributed by atoms with E-state index < -0.39 is 0 Å². The van der Waals surface area contributed by atoms with Gasteiger partial charge in [-0.15, -0.1) is 0 Å². The van der Waals surface area contributed by atoms with Crippen molar-refractivity contribution in [3.63, 3.8) is 0 Å². The Kier molecular flexibility index (Phi) is 3.24. The monoisotopic (exact) mass is 249 g/mol. The topological polar surface area (TPSA) is 32.7 Å². The molecule has 0 spiro atoms. The zero-order valence-electron chi connectivity index (χ0n) is 7.66.